The largest absolute Gasteiger partial charge is 0.444 e. The second-order valence-electron chi connectivity index (χ2n) is 12.6. The molecule has 10 nitrogen and oxygen atoms in total. The molecular weight excluding hydrogens is 541 g/mol. The molecule has 1 N–H and O–H groups in total. The zero-order valence-corrected chi connectivity index (χ0v) is 24.6. The first-order valence-electron chi connectivity index (χ1n) is 14.9. The highest BCUT2D eigenvalue weighted by Gasteiger charge is 2.40. The molecule has 2 aliphatic heterocycles. The predicted molar refractivity (Wildman–Crippen MR) is 153 cm³/mol. The van der Waals surface area contributed by atoms with Gasteiger partial charge >= 0.3 is 6.09 Å². The van der Waals surface area contributed by atoms with Crippen LogP contribution in [-0.2, 0) is 4.74 Å². The molecule has 2 aromatic rings. The maximum atomic E-state index is 15.0. The molecule has 3 aliphatic rings. The number of nitrogens with zero attached hydrogens (tertiary/aromatic N) is 5. The third-order valence-corrected chi connectivity index (χ3v) is 8.11. The molecule has 3 fully saturated rings. The molecular formula is C31H40FN5O5. The first-order valence-corrected chi connectivity index (χ1v) is 14.9. The number of piperidine rings is 2. The number of hydrogen-bond donors (Lipinski definition) is 1. The Hall–Kier alpha value is -3.60. The Labute approximate surface area is 245 Å². The van der Waals surface area contributed by atoms with E-state index in [-0.39, 0.29) is 48.0 Å². The summed E-state index contributed by atoms with van der Waals surface area (Å²) in [5.74, 6) is -0.928. The van der Waals surface area contributed by atoms with E-state index in [0.717, 1.165) is 25.7 Å². The molecule has 1 aromatic heterocycles. The Kier molecular flexibility index (Phi) is 8.77. The Morgan fingerprint density at radius 2 is 1.67 bits per heavy atom. The van der Waals surface area contributed by atoms with E-state index in [0.29, 0.717) is 50.1 Å². The lowest BCUT2D eigenvalue weighted by atomic mass is 9.98. The predicted octanol–water partition coefficient (Wildman–Crippen LogP) is 4.13. The summed E-state index contributed by atoms with van der Waals surface area (Å²) < 4.78 is 20.5. The van der Waals surface area contributed by atoms with E-state index in [1.807, 2.05) is 25.7 Å². The van der Waals surface area contributed by atoms with Gasteiger partial charge in [0, 0.05) is 62.8 Å². The maximum absolute atomic E-state index is 15.0. The second kappa shape index (κ2) is 12.3. The Morgan fingerprint density at radius 1 is 1.00 bits per heavy atom. The van der Waals surface area contributed by atoms with Gasteiger partial charge in [0.05, 0.1) is 11.1 Å². The van der Waals surface area contributed by atoms with Crippen LogP contribution >= 0.6 is 0 Å². The summed E-state index contributed by atoms with van der Waals surface area (Å²) in [5.41, 5.74) is 0.181. The van der Waals surface area contributed by atoms with Crippen molar-refractivity contribution in [2.75, 3.05) is 32.8 Å². The Balaban J connectivity index is 1.23. The van der Waals surface area contributed by atoms with Crippen LogP contribution in [0.1, 0.15) is 80.0 Å². The molecule has 11 heteroatoms. The van der Waals surface area contributed by atoms with Gasteiger partial charge < -0.3 is 24.5 Å². The zero-order chi connectivity index (χ0) is 30.0. The van der Waals surface area contributed by atoms with Crippen LogP contribution in [-0.4, -0.2) is 98.2 Å². The Bertz CT molecular complexity index is 1300. The van der Waals surface area contributed by atoms with Gasteiger partial charge in [-0.1, -0.05) is 6.07 Å². The molecule has 0 bridgehead atoms. The van der Waals surface area contributed by atoms with Gasteiger partial charge in [0.2, 0.25) is 0 Å². The number of carbonyl (C=O) groups excluding carboxylic acids is 3. The van der Waals surface area contributed by atoms with E-state index in [1.54, 1.807) is 15.9 Å². The highest BCUT2D eigenvalue weighted by molar-refractivity contribution is 5.95. The third kappa shape index (κ3) is 6.88. The molecule has 5 rings (SSSR count). The average Bonchev–Trinajstić information content (AvgIpc) is 3.81. The van der Waals surface area contributed by atoms with E-state index in [4.69, 9.17) is 4.74 Å². The van der Waals surface area contributed by atoms with Crippen molar-refractivity contribution in [2.45, 2.75) is 77.0 Å². The number of hydrogen-bond acceptors (Lipinski definition) is 7. The van der Waals surface area contributed by atoms with Crippen LogP contribution in [0.3, 0.4) is 0 Å². The van der Waals surface area contributed by atoms with E-state index >= 15 is 4.39 Å². The van der Waals surface area contributed by atoms with Crippen molar-refractivity contribution in [2.24, 2.45) is 5.92 Å². The van der Waals surface area contributed by atoms with Gasteiger partial charge in [-0.2, -0.15) is 0 Å². The van der Waals surface area contributed by atoms with E-state index in [9.17, 15) is 19.5 Å². The van der Waals surface area contributed by atoms with Gasteiger partial charge in [-0.05, 0) is 77.3 Å². The number of amides is 3. The summed E-state index contributed by atoms with van der Waals surface area (Å²) in [6, 6.07) is 4.47. The molecule has 42 heavy (non-hydrogen) atoms. The highest BCUT2D eigenvalue weighted by atomic mass is 19.1. The molecule has 0 spiro atoms. The number of carbonyl (C=O) groups is 3. The molecule has 3 amide bonds. The van der Waals surface area contributed by atoms with Crippen LogP contribution in [0.15, 0.2) is 30.6 Å². The van der Waals surface area contributed by atoms with Gasteiger partial charge in [0.1, 0.15) is 11.4 Å². The summed E-state index contributed by atoms with van der Waals surface area (Å²) in [6.07, 6.45) is 7.46. The second-order valence-corrected chi connectivity index (χ2v) is 12.6. The highest BCUT2D eigenvalue weighted by Crippen LogP contribution is 2.33. The number of likely N-dealkylation sites (tertiary alicyclic amines) is 2. The molecule has 3 heterocycles. The standard InChI is InChI=1S/C31H40FN5O5/c1-31(2,3)42-30(41)35-13-10-24(11-14-35)37(23-7-8-23)28(39)22-16-33-27(34-17-22)21-6-9-25(26(32)15-21)29(40)36-12-4-5-20(18-36)19-38/h6,9,15-17,20,23-24,38H,4-5,7-8,10-14,18-19H2,1-3H3. The van der Waals surface area contributed by atoms with Crippen molar-refractivity contribution in [1.82, 2.24) is 24.7 Å². The third-order valence-electron chi connectivity index (χ3n) is 8.11. The fourth-order valence-electron chi connectivity index (χ4n) is 5.77. The topological polar surface area (TPSA) is 116 Å². The van der Waals surface area contributed by atoms with Crippen molar-refractivity contribution in [3.8, 4) is 11.4 Å². The monoisotopic (exact) mass is 581 g/mol. The molecule has 1 atom stereocenters. The van der Waals surface area contributed by atoms with Crippen molar-refractivity contribution in [1.29, 1.82) is 0 Å². The van der Waals surface area contributed by atoms with Crippen LogP contribution in [0, 0.1) is 11.7 Å². The SMILES string of the molecule is CC(C)(C)OC(=O)N1CCC(N(C(=O)c2cnc(-c3ccc(C(=O)N4CCCC(CO)C4)c(F)c3)nc2)C2CC2)CC1. The fourth-order valence-corrected chi connectivity index (χ4v) is 5.77. The first kappa shape index (κ1) is 29.9. The number of ether oxygens (including phenoxy) is 1. The number of rotatable bonds is 6. The molecule has 1 aliphatic carbocycles. The number of benzene rings is 1. The first-order chi connectivity index (χ1) is 20.0. The fraction of sp³-hybridized carbons (Fsp3) is 0.581. The summed E-state index contributed by atoms with van der Waals surface area (Å²) in [5, 5.41) is 9.45. The van der Waals surface area contributed by atoms with Crippen LogP contribution in [0.4, 0.5) is 9.18 Å². The Morgan fingerprint density at radius 3 is 2.26 bits per heavy atom. The summed E-state index contributed by atoms with van der Waals surface area (Å²) >= 11 is 0. The molecule has 1 unspecified atom stereocenters. The molecule has 0 radical (unpaired) electrons. The van der Waals surface area contributed by atoms with E-state index < -0.39 is 17.3 Å². The van der Waals surface area contributed by atoms with E-state index in [2.05, 4.69) is 9.97 Å². The lowest BCUT2D eigenvalue weighted by Crippen LogP contribution is -2.50. The number of aliphatic hydroxyl groups excluding tert-OH is 1. The number of halogens is 1. The van der Waals surface area contributed by atoms with Gasteiger partial charge in [-0.15, -0.1) is 0 Å². The van der Waals surface area contributed by atoms with Gasteiger partial charge in [-0.3, -0.25) is 9.59 Å². The molecule has 1 saturated carbocycles. The molecule has 2 saturated heterocycles. The summed E-state index contributed by atoms with van der Waals surface area (Å²) in [7, 11) is 0. The smallest absolute Gasteiger partial charge is 0.410 e. The minimum atomic E-state index is -0.662. The van der Waals surface area contributed by atoms with Gasteiger partial charge in [0.15, 0.2) is 5.82 Å². The van der Waals surface area contributed by atoms with Crippen LogP contribution < -0.4 is 0 Å². The van der Waals surface area contributed by atoms with E-state index in [1.165, 1.54) is 24.5 Å². The van der Waals surface area contributed by atoms with Crippen LogP contribution in [0.25, 0.3) is 11.4 Å². The number of aromatic nitrogens is 2. The summed E-state index contributed by atoms with van der Waals surface area (Å²) in [6.45, 7) is 7.53. The lowest BCUT2D eigenvalue weighted by Gasteiger charge is -2.39. The minimum absolute atomic E-state index is 0.00676. The van der Waals surface area contributed by atoms with Crippen molar-refractivity contribution >= 4 is 17.9 Å². The van der Waals surface area contributed by atoms with Crippen molar-refractivity contribution in [3.05, 3.63) is 47.5 Å². The lowest BCUT2D eigenvalue weighted by molar-refractivity contribution is 0.0142. The van der Waals surface area contributed by atoms with Crippen molar-refractivity contribution < 1.29 is 28.6 Å². The zero-order valence-electron chi connectivity index (χ0n) is 24.6. The summed E-state index contributed by atoms with van der Waals surface area (Å²) in [4.78, 5) is 52.9. The van der Waals surface area contributed by atoms with Crippen molar-refractivity contribution in [3.63, 3.8) is 0 Å². The minimum Gasteiger partial charge on any atom is -0.444 e. The normalized spacial score (nSPS) is 19.9. The quantitative estimate of drug-likeness (QED) is 0.545. The van der Waals surface area contributed by atoms with Crippen LogP contribution in [0.5, 0.6) is 0 Å². The maximum Gasteiger partial charge on any atom is 0.410 e. The molecule has 1 aromatic carbocycles. The van der Waals surface area contributed by atoms with Gasteiger partial charge in [-0.25, -0.2) is 19.2 Å². The van der Waals surface area contributed by atoms with Gasteiger partial charge in [0.25, 0.3) is 11.8 Å². The van der Waals surface area contributed by atoms with Crippen LogP contribution in [0.2, 0.25) is 0 Å². The number of aliphatic hydroxyl groups is 1. The molecule has 226 valence electrons. The average molecular weight is 582 g/mol.